The van der Waals surface area contributed by atoms with Crippen LogP contribution in [-0.2, 0) is 0 Å². The topological polar surface area (TPSA) is 0 Å². The van der Waals surface area contributed by atoms with Crippen LogP contribution in [0.5, 0.6) is 0 Å². The number of halogens is 1. The summed E-state index contributed by atoms with van der Waals surface area (Å²) in [6.45, 7) is 2.14. The molecule has 56 valence electrons. The van der Waals surface area contributed by atoms with Gasteiger partial charge in [0.1, 0.15) is 0 Å². The summed E-state index contributed by atoms with van der Waals surface area (Å²) >= 11 is 6.00. The molecule has 0 radical (unpaired) electrons. The molecule has 2 heteroatoms. The molecule has 1 aromatic heterocycles. The Morgan fingerprint density at radius 2 is 2.00 bits per heavy atom. The van der Waals surface area contributed by atoms with Crippen molar-refractivity contribution in [3.05, 3.63) is 32.9 Å². The van der Waals surface area contributed by atoms with Crippen LogP contribution in [0.15, 0.2) is 24.3 Å². The molecule has 11 heavy (non-hydrogen) atoms. The molecule has 0 nitrogen and oxygen atoms in total. The van der Waals surface area contributed by atoms with Crippen molar-refractivity contribution in [2.75, 3.05) is 0 Å². The van der Waals surface area contributed by atoms with Crippen LogP contribution >= 0.6 is 11.6 Å². The second-order valence-corrected chi connectivity index (χ2v) is 6.43. The first-order valence-electron chi connectivity index (χ1n) is 3.42. The molecule has 1 aromatic carbocycles. The van der Waals surface area contributed by atoms with Gasteiger partial charge in [0, 0.05) is 0 Å². The van der Waals surface area contributed by atoms with Crippen LogP contribution in [0.25, 0.3) is 8.79 Å². The van der Waals surface area contributed by atoms with Crippen LogP contribution < -0.4 is 0 Å². The Morgan fingerprint density at radius 3 is 2.73 bits per heavy atom. The number of aryl methyl sites for hydroxylation is 1. The van der Waals surface area contributed by atoms with Crippen LogP contribution in [0.3, 0.4) is 0 Å². The number of rotatable bonds is 0. The average molecular weight is 278 g/mol. The third-order valence-corrected chi connectivity index (χ3v) is 5.63. The van der Waals surface area contributed by atoms with E-state index in [2.05, 4.69) is 25.1 Å². The van der Waals surface area contributed by atoms with Crippen molar-refractivity contribution < 1.29 is 0 Å². The Kier molecular flexibility index (Phi) is 1.97. The van der Waals surface area contributed by atoms with Gasteiger partial charge in [-0.3, -0.25) is 0 Å². The van der Waals surface area contributed by atoms with Gasteiger partial charge in [-0.25, -0.2) is 0 Å². The molecule has 2 aromatic rings. The molecule has 0 atom stereocenters. The zero-order chi connectivity index (χ0) is 7.84. The van der Waals surface area contributed by atoms with Gasteiger partial charge in [-0.2, -0.15) is 0 Å². The van der Waals surface area contributed by atoms with Crippen molar-refractivity contribution in [3.63, 3.8) is 0 Å². The Bertz CT molecular complexity index is 389. The first-order chi connectivity index (χ1) is 5.29. The van der Waals surface area contributed by atoms with Crippen LogP contribution in [0.4, 0.5) is 0 Å². The van der Waals surface area contributed by atoms with Crippen molar-refractivity contribution >= 4 is 40.8 Å². The standard InChI is InChI=1S/C9H7ClTe/c1-6-9(10)7-4-2-3-5-8(7)11-6/h2-5H,1H3. The maximum atomic E-state index is 6.11. The van der Waals surface area contributed by atoms with E-state index in [1.165, 1.54) is 12.4 Å². The van der Waals surface area contributed by atoms with Gasteiger partial charge in [0.05, 0.1) is 0 Å². The van der Waals surface area contributed by atoms with E-state index in [9.17, 15) is 0 Å². The molecule has 0 fully saturated rings. The van der Waals surface area contributed by atoms with E-state index < -0.39 is 0 Å². The summed E-state index contributed by atoms with van der Waals surface area (Å²) < 4.78 is 2.90. The van der Waals surface area contributed by atoms with Crippen molar-refractivity contribution in [1.29, 1.82) is 0 Å². The molecular formula is C9H7ClTe. The fraction of sp³-hybridized carbons (Fsp3) is 0.111. The van der Waals surface area contributed by atoms with Crippen molar-refractivity contribution in [1.82, 2.24) is 0 Å². The summed E-state index contributed by atoms with van der Waals surface area (Å²) in [5.74, 6) is 0. The molecule has 0 spiro atoms. The van der Waals surface area contributed by atoms with Gasteiger partial charge < -0.3 is 0 Å². The molecule has 2 rings (SSSR count). The summed E-state index contributed by atoms with van der Waals surface area (Å²) in [5.41, 5.74) is 0. The third kappa shape index (κ3) is 1.22. The summed E-state index contributed by atoms with van der Waals surface area (Å²) in [4.78, 5) is 0. The summed E-state index contributed by atoms with van der Waals surface area (Å²) in [7, 11) is 0. The van der Waals surface area contributed by atoms with Gasteiger partial charge in [0.15, 0.2) is 0 Å². The monoisotopic (exact) mass is 280 g/mol. The molecular weight excluding hydrogens is 271 g/mol. The van der Waals surface area contributed by atoms with Crippen LogP contribution in [0.1, 0.15) is 3.58 Å². The van der Waals surface area contributed by atoms with E-state index in [4.69, 9.17) is 11.6 Å². The first-order valence-corrected chi connectivity index (χ1v) is 6.13. The van der Waals surface area contributed by atoms with E-state index in [1.54, 1.807) is 0 Å². The predicted molar refractivity (Wildman–Crippen MR) is 50.6 cm³/mol. The average Bonchev–Trinajstić information content (AvgIpc) is 2.30. The normalized spacial score (nSPS) is 10.7. The molecule has 0 aliphatic carbocycles. The van der Waals surface area contributed by atoms with Crippen molar-refractivity contribution in [2.24, 2.45) is 0 Å². The minimum absolute atomic E-state index is 0.107. The Morgan fingerprint density at radius 1 is 1.27 bits per heavy atom. The zero-order valence-corrected chi connectivity index (χ0v) is 9.18. The maximum absolute atomic E-state index is 6.11. The fourth-order valence-corrected chi connectivity index (χ4v) is 4.46. The summed E-state index contributed by atoms with van der Waals surface area (Å²) in [6, 6.07) is 8.44. The Hall–Kier alpha value is 0.0396. The van der Waals surface area contributed by atoms with E-state index in [1.807, 2.05) is 6.07 Å². The minimum atomic E-state index is -0.107. The number of hydrogen-bond donors (Lipinski definition) is 0. The van der Waals surface area contributed by atoms with Gasteiger partial charge >= 0.3 is 80.6 Å². The number of fused-ring (bicyclic) bond motifs is 1. The first kappa shape index (κ1) is 7.68. The van der Waals surface area contributed by atoms with E-state index >= 15 is 0 Å². The third-order valence-electron chi connectivity index (χ3n) is 1.70. The number of benzene rings is 1. The molecule has 0 aliphatic rings. The van der Waals surface area contributed by atoms with Crippen molar-refractivity contribution in [3.8, 4) is 0 Å². The molecule has 0 unspecified atom stereocenters. The SMILES string of the molecule is Cc1[te]c2ccccc2c1Cl. The van der Waals surface area contributed by atoms with Gasteiger partial charge in [-0.15, -0.1) is 0 Å². The molecule has 1 heterocycles. The van der Waals surface area contributed by atoms with E-state index in [0.29, 0.717) is 0 Å². The molecule has 0 N–H and O–H groups in total. The van der Waals surface area contributed by atoms with Crippen molar-refractivity contribution in [2.45, 2.75) is 6.92 Å². The molecule has 0 amide bonds. The Labute approximate surface area is 80.4 Å². The predicted octanol–water partition coefficient (Wildman–Crippen LogP) is 2.86. The van der Waals surface area contributed by atoms with Crippen LogP contribution in [0, 0.1) is 6.92 Å². The molecule has 0 saturated carbocycles. The number of hydrogen-bond acceptors (Lipinski definition) is 0. The Balaban J connectivity index is 2.92. The zero-order valence-electron chi connectivity index (χ0n) is 6.10. The second kappa shape index (κ2) is 2.83. The molecule has 0 saturated heterocycles. The summed E-state index contributed by atoms with van der Waals surface area (Å²) in [5, 5.41) is 2.28. The second-order valence-electron chi connectivity index (χ2n) is 2.47. The summed E-state index contributed by atoms with van der Waals surface area (Å²) in [6.07, 6.45) is 0. The molecule has 0 aliphatic heterocycles. The molecule has 0 bridgehead atoms. The van der Waals surface area contributed by atoms with Gasteiger partial charge in [0.2, 0.25) is 0 Å². The van der Waals surface area contributed by atoms with Gasteiger partial charge in [-0.1, -0.05) is 0 Å². The van der Waals surface area contributed by atoms with Gasteiger partial charge in [-0.05, 0) is 0 Å². The van der Waals surface area contributed by atoms with E-state index in [-0.39, 0.29) is 20.4 Å². The van der Waals surface area contributed by atoms with Crippen LogP contribution in [-0.4, -0.2) is 20.4 Å². The van der Waals surface area contributed by atoms with Gasteiger partial charge in [0.25, 0.3) is 0 Å². The van der Waals surface area contributed by atoms with Crippen LogP contribution in [0.2, 0.25) is 5.02 Å². The van der Waals surface area contributed by atoms with E-state index in [0.717, 1.165) is 5.02 Å². The fourth-order valence-electron chi connectivity index (χ4n) is 1.14. The quantitative estimate of drug-likeness (QED) is 0.650.